The molecule has 28 heavy (non-hydrogen) atoms. The van der Waals surface area contributed by atoms with E-state index in [1.807, 2.05) is 7.05 Å². The second-order valence-electron chi connectivity index (χ2n) is 6.33. The van der Waals surface area contributed by atoms with Gasteiger partial charge in [-0.15, -0.1) is 0 Å². The first kappa shape index (κ1) is 19.8. The maximum Gasteiger partial charge on any atom is 0.279 e. The maximum atomic E-state index is 13.8. The highest BCUT2D eigenvalue weighted by Crippen LogP contribution is 2.23. The number of hydrogen-bond acceptors (Lipinski definition) is 4. The Morgan fingerprint density at radius 3 is 2.82 bits per heavy atom. The highest BCUT2D eigenvalue weighted by molar-refractivity contribution is 6.31. The average molecular weight is 405 g/mol. The van der Waals surface area contributed by atoms with Crippen LogP contribution in [0.5, 0.6) is 5.75 Å². The van der Waals surface area contributed by atoms with Gasteiger partial charge in [-0.05, 0) is 36.4 Å². The standard InChI is InChI=1S/C19H19ClFN5O2/c1-25(9-13-3-6-18(28-2)15(21)7-13)10-19(27)24-16-8-14(20)4-5-17(16)26-12-22-11-23-26/h3-8,11-12H,9-10H2,1-2H3,(H,24,27)/p+1. The van der Waals surface area contributed by atoms with Crippen LogP contribution in [0, 0.1) is 5.82 Å². The van der Waals surface area contributed by atoms with Gasteiger partial charge in [-0.1, -0.05) is 11.6 Å². The molecule has 146 valence electrons. The van der Waals surface area contributed by atoms with Crippen LogP contribution in [0.2, 0.25) is 5.02 Å². The van der Waals surface area contributed by atoms with Crippen molar-refractivity contribution in [3.8, 4) is 11.4 Å². The van der Waals surface area contributed by atoms with Crippen LogP contribution in [0.4, 0.5) is 10.1 Å². The van der Waals surface area contributed by atoms with Gasteiger partial charge in [0.05, 0.1) is 25.5 Å². The largest absolute Gasteiger partial charge is 0.494 e. The van der Waals surface area contributed by atoms with Crippen LogP contribution in [0.1, 0.15) is 5.56 Å². The molecule has 2 aromatic carbocycles. The van der Waals surface area contributed by atoms with Crippen molar-refractivity contribution >= 4 is 23.2 Å². The molecule has 0 radical (unpaired) electrons. The summed E-state index contributed by atoms with van der Waals surface area (Å²) in [5, 5.41) is 7.44. The van der Waals surface area contributed by atoms with E-state index in [0.29, 0.717) is 22.9 Å². The zero-order valence-corrected chi connectivity index (χ0v) is 16.2. The fourth-order valence-corrected chi connectivity index (χ4v) is 3.01. The van der Waals surface area contributed by atoms with E-state index in [4.69, 9.17) is 16.3 Å². The van der Waals surface area contributed by atoms with Crippen LogP contribution in [-0.4, -0.2) is 41.4 Å². The van der Waals surface area contributed by atoms with Crippen LogP contribution in [0.15, 0.2) is 49.1 Å². The van der Waals surface area contributed by atoms with Crippen molar-refractivity contribution in [2.45, 2.75) is 6.54 Å². The van der Waals surface area contributed by atoms with Gasteiger partial charge in [-0.25, -0.2) is 14.1 Å². The number of rotatable bonds is 7. The molecular weight excluding hydrogens is 385 g/mol. The van der Waals surface area contributed by atoms with E-state index in [9.17, 15) is 9.18 Å². The topological polar surface area (TPSA) is 73.5 Å². The van der Waals surface area contributed by atoms with Gasteiger partial charge in [-0.3, -0.25) is 4.79 Å². The summed E-state index contributed by atoms with van der Waals surface area (Å²) in [6.45, 7) is 0.677. The summed E-state index contributed by atoms with van der Waals surface area (Å²) in [4.78, 5) is 17.3. The number of carbonyl (C=O) groups is 1. The summed E-state index contributed by atoms with van der Waals surface area (Å²) in [5.74, 6) is -0.426. The molecule has 3 rings (SSSR count). The zero-order chi connectivity index (χ0) is 20.1. The molecule has 3 aromatic rings. The van der Waals surface area contributed by atoms with Crippen LogP contribution >= 0.6 is 11.6 Å². The lowest BCUT2D eigenvalue weighted by atomic mass is 10.2. The Labute approximate surface area is 166 Å². The molecule has 7 nitrogen and oxygen atoms in total. The molecule has 1 amide bonds. The SMILES string of the molecule is COc1ccc(C[NH+](C)CC(=O)Nc2cc(Cl)ccc2-n2cncn2)cc1F. The van der Waals surface area contributed by atoms with Crippen molar-refractivity contribution < 1.29 is 18.8 Å². The number of anilines is 1. The highest BCUT2D eigenvalue weighted by atomic mass is 35.5. The average Bonchev–Trinajstić information content (AvgIpc) is 3.16. The Morgan fingerprint density at radius 2 is 2.14 bits per heavy atom. The Morgan fingerprint density at radius 1 is 1.32 bits per heavy atom. The van der Waals surface area contributed by atoms with E-state index in [1.54, 1.807) is 35.0 Å². The number of ether oxygens (including phenoxy) is 1. The summed E-state index contributed by atoms with van der Waals surface area (Å²) >= 11 is 6.07. The lowest BCUT2D eigenvalue weighted by Gasteiger charge is -2.16. The summed E-state index contributed by atoms with van der Waals surface area (Å²) < 4.78 is 20.3. The van der Waals surface area contributed by atoms with Crippen LogP contribution < -0.4 is 15.0 Å². The lowest BCUT2D eigenvalue weighted by Crippen LogP contribution is -3.08. The number of likely N-dealkylation sites (N-methyl/N-ethyl adjacent to an activating group) is 1. The van der Waals surface area contributed by atoms with Gasteiger partial charge in [0.2, 0.25) is 0 Å². The molecule has 1 aromatic heterocycles. The van der Waals surface area contributed by atoms with Crippen LogP contribution in [0.25, 0.3) is 5.69 Å². The van der Waals surface area contributed by atoms with Crippen molar-refractivity contribution in [1.29, 1.82) is 0 Å². The molecule has 1 heterocycles. The van der Waals surface area contributed by atoms with Crippen molar-refractivity contribution in [1.82, 2.24) is 14.8 Å². The number of methoxy groups -OCH3 is 1. The first-order valence-electron chi connectivity index (χ1n) is 8.54. The van der Waals surface area contributed by atoms with Gasteiger partial charge in [0.1, 0.15) is 19.2 Å². The van der Waals surface area contributed by atoms with Crippen molar-refractivity contribution in [3.63, 3.8) is 0 Å². The third-order valence-electron chi connectivity index (χ3n) is 4.08. The monoisotopic (exact) mass is 404 g/mol. The minimum Gasteiger partial charge on any atom is -0.494 e. The number of halogens is 2. The fraction of sp³-hybridized carbons (Fsp3) is 0.211. The number of aromatic nitrogens is 3. The van der Waals surface area contributed by atoms with Gasteiger partial charge < -0.3 is 15.0 Å². The number of benzene rings is 2. The molecule has 9 heteroatoms. The summed E-state index contributed by atoms with van der Waals surface area (Å²) in [5.41, 5.74) is 1.96. The molecule has 0 bridgehead atoms. The molecule has 1 unspecified atom stereocenters. The predicted molar refractivity (Wildman–Crippen MR) is 103 cm³/mol. The Hall–Kier alpha value is -2.97. The highest BCUT2D eigenvalue weighted by Gasteiger charge is 2.15. The zero-order valence-electron chi connectivity index (χ0n) is 15.4. The van der Waals surface area contributed by atoms with Gasteiger partial charge in [0.25, 0.3) is 5.91 Å². The molecule has 0 fully saturated rings. The predicted octanol–water partition coefficient (Wildman–Crippen LogP) is 1.72. The molecule has 0 aliphatic rings. The second kappa shape index (κ2) is 8.81. The number of quaternary nitrogens is 1. The molecule has 0 aliphatic heterocycles. The minimum absolute atomic E-state index is 0.191. The van der Waals surface area contributed by atoms with Crippen molar-refractivity contribution in [2.24, 2.45) is 0 Å². The number of amides is 1. The summed E-state index contributed by atoms with van der Waals surface area (Å²) in [6.07, 6.45) is 2.95. The molecule has 1 atom stereocenters. The third kappa shape index (κ3) is 4.85. The number of nitrogens with one attached hydrogen (secondary N) is 2. The van der Waals surface area contributed by atoms with Crippen molar-refractivity contribution in [2.75, 3.05) is 26.0 Å². The van der Waals surface area contributed by atoms with E-state index in [1.165, 1.54) is 25.8 Å². The third-order valence-corrected chi connectivity index (χ3v) is 4.32. The van der Waals surface area contributed by atoms with Crippen LogP contribution in [0.3, 0.4) is 0 Å². The van der Waals surface area contributed by atoms with E-state index < -0.39 is 5.82 Å². The number of hydrogen-bond donors (Lipinski definition) is 2. The Kier molecular flexibility index (Phi) is 6.23. The molecule has 0 saturated carbocycles. The fourth-order valence-electron chi connectivity index (χ4n) is 2.84. The van der Waals surface area contributed by atoms with E-state index in [2.05, 4.69) is 15.4 Å². The maximum absolute atomic E-state index is 13.8. The van der Waals surface area contributed by atoms with Gasteiger partial charge in [0, 0.05) is 10.6 Å². The molecule has 0 spiro atoms. The first-order valence-corrected chi connectivity index (χ1v) is 8.92. The summed E-state index contributed by atoms with van der Waals surface area (Å²) in [6, 6.07) is 9.90. The van der Waals surface area contributed by atoms with Crippen molar-refractivity contribution in [3.05, 3.63) is 65.5 Å². The van der Waals surface area contributed by atoms with Gasteiger partial charge in [0.15, 0.2) is 18.1 Å². The first-order chi connectivity index (χ1) is 13.5. The quantitative estimate of drug-likeness (QED) is 0.629. The Balaban J connectivity index is 1.66. The lowest BCUT2D eigenvalue weighted by molar-refractivity contribution is -0.885. The van der Waals surface area contributed by atoms with E-state index in [-0.39, 0.29) is 18.2 Å². The normalized spacial score (nSPS) is 11.9. The molecule has 2 N–H and O–H groups in total. The number of carbonyl (C=O) groups excluding carboxylic acids is 1. The number of nitrogens with zero attached hydrogens (tertiary/aromatic N) is 3. The van der Waals surface area contributed by atoms with Gasteiger partial charge in [-0.2, -0.15) is 5.10 Å². The van der Waals surface area contributed by atoms with Gasteiger partial charge >= 0.3 is 0 Å². The molecule has 0 aliphatic carbocycles. The van der Waals surface area contributed by atoms with Crippen LogP contribution in [-0.2, 0) is 11.3 Å². The van der Waals surface area contributed by atoms with E-state index >= 15 is 0 Å². The van der Waals surface area contributed by atoms with E-state index in [0.717, 1.165) is 10.5 Å². The Bertz CT molecular complexity index is 965. The summed E-state index contributed by atoms with van der Waals surface area (Å²) in [7, 11) is 3.28. The smallest absolute Gasteiger partial charge is 0.279 e. The molecular formula is C19H20ClFN5O2+. The second-order valence-corrected chi connectivity index (χ2v) is 6.77. The minimum atomic E-state index is -0.423. The molecule has 0 saturated heterocycles.